The molecule has 0 amide bonds. The molecule has 2 aromatic heterocycles. The molecule has 1 unspecified atom stereocenters. The predicted octanol–water partition coefficient (Wildman–Crippen LogP) is 3.44. The van der Waals surface area contributed by atoms with Crippen molar-refractivity contribution in [2.45, 2.75) is 45.5 Å². The molecule has 0 radical (unpaired) electrons. The molecule has 12 heteroatoms. The van der Waals surface area contributed by atoms with Crippen LogP contribution in [0.2, 0.25) is 0 Å². The van der Waals surface area contributed by atoms with E-state index in [0.717, 1.165) is 16.5 Å². The van der Waals surface area contributed by atoms with Gasteiger partial charge in [-0.25, -0.2) is 14.6 Å². The van der Waals surface area contributed by atoms with Gasteiger partial charge in [0, 0.05) is 6.07 Å². The van der Waals surface area contributed by atoms with Crippen molar-refractivity contribution in [2.24, 2.45) is 0 Å². The number of halogens is 3. The van der Waals surface area contributed by atoms with Crippen LogP contribution in [0.4, 0.5) is 13.2 Å². The highest BCUT2D eigenvalue weighted by molar-refractivity contribution is 7.13. The number of thiazole rings is 1. The van der Waals surface area contributed by atoms with Crippen molar-refractivity contribution in [3.63, 3.8) is 0 Å². The van der Waals surface area contributed by atoms with Gasteiger partial charge >= 0.3 is 18.1 Å². The maximum absolute atomic E-state index is 10.8. The largest absolute Gasteiger partial charge is 0.490 e. The average molecular weight is 409 g/mol. The summed E-state index contributed by atoms with van der Waals surface area (Å²) in [5.41, 5.74) is 0.928. The van der Waals surface area contributed by atoms with Crippen LogP contribution in [0.25, 0.3) is 0 Å². The minimum absolute atomic E-state index is 0.0410. The zero-order valence-corrected chi connectivity index (χ0v) is 15.4. The van der Waals surface area contributed by atoms with Crippen LogP contribution < -0.4 is 5.32 Å². The molecule has 0 spiro atoms. The smallest absolute Gasteiger partial charge is 0.477 e. The van der Waals surface area contributed by atoms with E-state index in [-0.39, 0.29) is 10.9 Å². The molecule has 0 aromatic carbocycles. The second kappa shape index (κ2) is 9.46. The summed E-state index contributed by atoms with van der Waals surface area (Å²) in [6.45, 7) is 6.58. The van der Waals surface area contributed by atoms with Gasteiger partial charge in [-0.2, -0.15) is 13.2 Å². The van der Waals surface area contributed by atoms with Gasteiger partial charge in [-0.1, -0.05) is 19.0 Å². The van der Waals surface area contributed by atoms with E-state index in [9.17, 15) is 18.0 Å². The summed E-state index contributed by atoms with van der Waals surface area (Å²) in [6.07, 6.45) is -3.70. The quantitative estimate of drug-likeness (QED) is 0.662. The first kappa shape index (κ1) is 22.6. The molecule has 0 bridgehead atoms. The lowest BCUT2D eigenvalue weighted by Gasteiger charge is -2.08. The van der Waals surface area contributed by atoms with Crippen LogP contribution in [-0.4, -0.2) is 38.5 Å². The summed E-state index contributed by atoms with van der Waals surface area (Å²) < 4.78 is 37.0. The molecular formula is C15H18F3N3O5S. The minimum Gasteiger partial charge on any atom is -0.477 e. The molecule has 2 heterocycles. The second-order valence-electron chi connectivity index (χ2n) is 5.65. The van der Waals surface area contributed by atoms with Gasteiger partial charge in [-0.05, 0) is 12.8 Å². The number of aromatic nitrogens is 2. The molecule has 8 nitrogen and oxygen atoms in total. The summed E-state index contributed by atoms with van der Waals surface area (Å²) in [4.78, 5) is 24.1. The fourth-order valence-corrected chi connectivity index (χ4v) is 2.40. The highest BCUT2D eigenvalue weighted by Gasteiger charge is 2.38. The minimum atomic E-state index is -5.08. The summed E-state index contributed by atoms with van der Waals surface area (Å²) in [5, 5.41) is 24.0. The molecule has 3 N–H and O–H groups in total. The van der Waals surface area contributed by atoms with E-state index >= 15 is 0 Å². The number of aliphatic carboxylic acids is 1. The first-order chi connectivity index (χ1) is 12.4. The Bertz CT molecular complexity index is 773. The van der Waals surface area contributed by atoms with Gasteiger partial charge in [0.1, 0.15) is 9.88 Å². The highest BCUT2D eigenvalue weighted by Crippen LogP contribution is 2.21. The molecule has 2 aromatic rings. The number of hydrogen-bond acceptors (Lipinski definition) is 7. The lowest BCUT2D eigenvalue weighted by atomic mass is 10.1. The standard InChI is InChI=1S/C13H17N3O3S.C2HF3O2/c1-7(2)10-4-9(19-16-10)5-14-8(3)12-15-6-11(20-12)13(17)18;3-2(4,5)1(6)7/h4,6-8,14H,5H2,1-3H3,(H,17,18);(H,6,7). The van der Waals surface area contributed by atoms with Gasteiger partial charge < -0.3 is 20.1 Å². The SMILES string of the molecule is CC(C)c1cc(CNC(C)c2ncc(C(=O)O)s2)on1.O=C(O)C(F)(F)F. The number of rotatable bonds is 6. The van der Waals surface area contributed by atoms with Gasteiger partial charge in [0.05, 0.1) is 24.5 Å². The third-order valence-electron chi connectivity index (χ3n) is 3.10. The third kappa shape index (κ3) is 7.35. The predicted molar refractivity (Wildman–Crippen MR) is 88.6 cm³/mol. The summed E-state index contributed by atoms with van der Waals surface area (Å²) in [7, 11) is 0. The number of alkyl halides is 3. The normalized spacial score (nSPS) is 12.4. The molecule has 0 saturated carbocycles. The van der Waals surface area contributed by atoms with Crippen LogP contribution in [-0.2, 0) is 11.3 Å². The highest BCUT2D eigenvalue weighted by atomic mass is 32.1. The lowest BCUT2D eigenvalue weighted by molar-refractivity contribution is -0.192. The first-order valence-corrected chi connectivity index (χ1v) is 8.41. The fraction of sp³-hybridized carbons (Fsp3) is 0.467. The second-order valence-corrected chi connectivity index (χ2v) is 6.71. The number of nitrogens with one attached hydrogen (secondary N) is 1. The van der Waals surface area contributed by atoms with E-state index in [4.69, 9.17) is 19.5 Å². The summed E-state index contributed by atoms with van der Waals surface area (Å²) in [6, 6.07) is 1.88. The molecular weight excluding hydrogens is 391 g/mol. The number of nitrogens with zero attached hydrogens (tertiary/aromatic N) is 2. The maximum Gasteiger partial charge on any atom is 0.490 e. The van der Waals surface area contributed by atoms with E-state index in [1.807, 2.05) is 13.0 Å². The number of aromatic carboxylic acids is 1. The molecule has 0 aliphatic heterocycles. The molecule has 150 valence electrons. The Balaban J connectivity index is 0.000000445. The van der Waals surface area contributed by atoms with E-state index in [1.54, 1.807) is 0 Å². The molecule has 27 heavy (non-hydrogen) atoms. The Morgan fingerprint density at radius 3 is 2.30 bits per heavy atom. The van der Waals surface area contributed by atoms with Crippen molar-refractivity contribution in [3.05, 3.63) is 33.6 Å². The van der Waals surface area contributed by atoms with E-state index in [0.29, 0.717) is 12.5 Å². The van der Waals surface area contributed by atoms with Crippen LogP contribution in [0.3, 0.4) is 0 Å². The topological polar surface area (TPSA) is 126 Å². The Labute approximate surface area is 156 Å². The fourth-order valence-electron chi connectivity index (χ4n) is 1.61. The van der Waals surface area contributed by atoms with Crippen LogP contribution in [0.5, 0.6) is 0 Å². The van der Waals surface area contributed by atoms with Crippen LogP contribution in [0, 0.1) is 0 Å². The van der Waals surface area contributed by atoms with E-state index in [1.165, 1.54) is 17.5 Å². The van der Waals surface area contributed by atoms with Crippen molar-refractivity contribution in [3.8, 4) is 0 Å². The number of carboxylic acid groups (broad SMARTS) is 2. The first-order valence-electron chi connectivity index (χ1n) is 7.59. The van der Waals surface area contributed by atoms with Gasteiger partial charge in [-0.15, -0.1) is 11.3 Å². The van der Waals surface area contributed by atoms with Crippen LogP contribution in [0.15, 0.2) is 16.8 Å². The number of hydrogen-bond donors (Lipinski definition) is 3. The van der Waals surface area contributed by atoms with Gasteiger partial charge in [0.2, 0.25) is 0 Å². The van der Waals surface area contributed by atoms with Crippen molar-refractivity contribution in [2.75, 3.05) is 0 Å². The Morgan fingerprint density at radius 2 is 1.89 bits per heavy atom. The van der Waals surface area contributed by atoms with E-state index in [2.05, 4.69) is 29.3 Å². The number of carbonyl (C=O) groups is 2. The molecule has 0 aliphatic carbocycles. The lowest BCUT2D eigenvalue weighted by Crippen LogP contribution is -2.21. The molecule has 1 atom stereocenters. The van der Waals surface area contributed by atoms with Crippen molar-refractivity contribution in [1.29, 1.82) is 0 Å². The van der Waals surface area contributed by atoms with Gasteiger partial charge in [0.15, 0.2) is 5.76 Å². The monoisotopic (exact) mass is 409 g/mol. The summed E-state index contributed by atoms with van der Waals surface area (Å²) >= 11 is 1.17. The molecule has 0 saturated heterocycles. The van der Waals surface area contributed by atoms with Gasteiger partial charge in [-0.3, -0.25) is 0 Å². The molecule has 0 fully saturated rings. The maximum atomic E-state index is 10.8. The number of carboxylic acids is 2. The van der Waals surface area contributed by atoms with Crippen molar-refractivity contribution >= 4 is 23.3 Å². The zero-order chi connectivity index (χ0) is 20.8. The molecule has 2 rings (SSSR count). The van der Waals surface area contributed by atoms with E-state index < -0.39 is 18.1 Å². The van der Waals surface area contributed by atoms with Gasteiger partial charge in [0.25, 0.3) is 0 Å². The zero-order valence-electron chi connectivity index (χ0n) is 14.6. The van der Waals surface area contributed by atoms with Crippen LogP contribution in [0.1, 0.15) is 58.9 Å². The third-order valence-corrected chi connectivity index (χ3v) is 4.27. The van der Waals surface area contributed by atoms with Crippen molar-refractivity contribution < 1.29 is 37.5 Å². The average Bonchev–Trinajstić information content (AvgIpc) is 3.22. The Hall–Kier alpha value is -2.47. The van der Waals surface area contributed by atoms with Crippen molar-refractivity contribution in [1.82, 2.24) is 15.5 Å². The molecule has 0 aliphatic rings. The Morgan fingerprint density at radius 1 is 1.30 bits per heavy atom. The Kier molecular flexibility index (Phi) is 7.91. The van der Waals surface area contributed by atoms with Crippen LogP contribution >= 0.6 is 11.3 Å². The summed E-state index contributed by atoms with van der Waals surface area (Å²) in [5.74, 6) is -2.61.